The van der Waals surface area contributed by atoms with Crippen LogP contribution in [0.3, 0.4) is 0 Å². The second kappa shape index (κ2) is 10.1. The summed E-state index contributed by atoms with van der Waals surface area (Å²) in [6.45, 7) is 10.8. The van der Waals surface area contributed by atoms with Crippen molar-refractivity contribution in [2.24, 2.45) is 5.10 Å². The van der Waals surface area contributed by atoms with Gasteiger partial charge in [0.25, 0.3) is 0 Å². The number of rotatable bonds is 9. The lowest BCUT2D eigenvalue weighted by atomic mass is 10.1. The molecular weight excluding hydrogens is 344 g/mol. The number of hydrogen-bond acceptors (Lipinski definition) is 6. The van der Waals surface area contributed by atoms with Gasteiger partial charge in [0.2, 0.25) is 5.91 Å². The summed E-state index contributed by atoms with van der Waals surface area (Å²) in [5.41, 5.74) is 1.05. The van der Waals surface area contributed by atoms with Crippen molar-refractivity contribution >= 4 is 23.3 Å². The molecule has 1 heterocycles. The third kappa shape index (κ3) is 5.29. The van der Waals surface area contributed by atoms with Gasteiger partial charge in [0.1, 0.15) is 11.8 Å². The van der Waals surface area contributed by atoms with Crippen LogP contribution in [0.15, 0.2) is 35.4 Å². The van der Waals surface area contributed by atoms with Crippen molar-refractivity contribution in [3.63, 3.8) is 0 Å². The van der Waals surface area contributed by atoms with E-state index in [1.54, 1.807) is 11.9 Å². The van der Waals surface area contributed by atoms with Crippen LogP contribution in [-0.4, -0.2) is 60.8 Å². The van der Waals surface area contributed by atoms with Crippen LogP contribution >= 0.6 is 0 Å². The highest BCUT2D eigenvalue weighted by molar-refractivity contribution is 6.38. The van der Waals surface area contributed by atoms with Crippen LogP contribution in [0.2, 0.25) is 0 Å². The van der Waals surface area contributed by atoms with E-state index in [0.717, 1.165) is 18.8 Å². The lowest BCUT2D eigenvalue weighted by Gasteiger charge is -2.28. The zero-order chi connectivity index (χ0) is 19.8. The fourth-order valence-corrected chi connectivity index (χ4v) is 3.21. The van der Waals surface area contributed by atoms with E-state index in [2.05, 4.69) is 36.1 Å². The van der Waals surface area contributed by atoms with E-state index in [1.807, 2.05) is 30.3 Å². The zero-order valence-corrected chi connectivity index (χ0v) is 16.6. The molecule has 0 saturated carbocycles. The summed E-state index contributed by atoms with van der Waals surface area (Å²) in [6.07, 6.45) is 0.235. The highest BCUT2D eigenvalue weighted by Gasteiger charge is 2.36. The number of benzene rings is 1. The van der Waals surface area contributed by atoms with Gasteiger partial charge in [-0.3, -0.25) is 14.7 Å². The Morgan fingerprint density at radius 3 is 2.52 bits per heavy atom. The maximum absolute atomic E-state index is 12.9. The SMILES string of the molecule is CCOC(=O)C1=NN(c2ccccc2)C(C(=O)NCC(C)N(CC)CC)C1. The molecule has 148 valence electrons. The number of hydrazone groups is 1. The van der Waals surface area contributed by atoms with Crippen LogP contribution in [0.4, 0.5) is 5.69 Å². The number of likely N-dealkylation sites (N-methyl/N-ethyl adjacent to an activating group) is 1. The second-order valence-corrected chi connectivity index (χ2v) is 6.48. The van der Waals surface area contributed by atoms with Gasteiger partial charge >= 0.3 is 5.97 Å². The Kier molecular flexibility index (Phi) is 7.79. The fraction of sp³-hybridized carbons (Fsp3) is 0.550. The lowest BCUT2D eigenvalue weighted by Crippen LogP contribution is -2.48. The largest absolute Gasteiger partial charge is 0.461 e. The summed E-state index contributed by atoms with van der Waals surface area (Å²) < 4.78 is 5.06. The van der Waals surface area contributed by atoms with Crippen LogP contribution in [-0.2, 0) is 14.3 Å². The first kappa shape index (κ1) is 20.9. The summed E-state index contributed by atoms with van der Waals surface area (Å²) >= 11 is 0. The average Bonchev–Trinajstić information content (AvgIpc) is 3.13. The van der Waals surface area contributed by atoms with Crippen molar-refractivity contribution in [3.05, 3.63) is 30.3 Å². The molecule has 1 aliphatic rings. The summed E-state index contributed by atoms with van der Waals surface area (Å²) in [5.74, 6) is -0.605. The minimum Gasteiger partial charge on any atom is -0.461 e. The molecule has 0 bridgehead atoms. The van der Waals surface area contributed by atoms with Crippen LogP contribution in [0.5, 0.6) is 0 Å². The first-order valence-corrected chi connectivity index (χ1v) is 9.62. The average molecular weight is 374 g/mol. The van der Waals surface area contributed by atoms with E-state index in [1.165, 1.54) is 0 Å². The first-order valence-electron chi connectivity index (χ1n) is 9.62. The Balaban J connectivity index is 2.11. The van der Waals surface area contributed by atoms with E-state index in [-0.39, 0.29) is 30.7 Å². The van der Waals surface area contributed by atoms with Gasteiger partial charge in [-0.15, -0.1) is 0 Å². The molecular formula is C20H30N4O3. The molecule has 0 aromatic heterocycles. The van der Waals surface area contributed by atoms with Crippen molar-refractivity contribution < 1.29 is 14.3 Å². The molecule has 7 heteroatoms. The van der Waals surface area contributed by atoms with Gasteiger partial charge in [-0.25, -0.2) is 4.79 Å². The summed E-state index contributed by atoms with van der Waals surface area (Å²) in [7, 11) is 0. The molecule has 1 aromatic rings. The molecule has 2 rings (SSSR count). The number of amides is 1. The normalized spacial score (nSPS) is 17.6. The van der Waals surface area contributed by atoms with Crippen molar-refractivity contribution in [1.29, 1.82) is 0 Å². The molecule has 7 nitrogen and oxygen atoms in total. The van der Waals surface area contributed by atoms with Gasteiger partial charge in [-0.05, 0) is 39.1 Å². The number of nitrogens with zero attached hydrogens (tertiary/aromatic N) is 3. The van der Waals surface area contributed by atoms with Gasteiger partial charge in [0, 0.05) is 19.0 Å². The maximum atomic E-state index is 12.9. The van der Waals surface area contributed by atoms with E-state index in [0.29, 0.717) is 6.54 Å². The number of carbonyl (C=O) groups is 2. The molecule has 1 N–H and O–H groups in total. The minimum atomic E-state index is -0.560. The molecule has 0 aliphatic carbocycles. The smallest absolute Gasteiger partial charge is 0.354 e. The quantitative estimate of drug-likeness (QED) is 0.670. The van der Waals surface area contributed by atoms with E-state index in [4.69, 9.17) is 4.74 Å². The van der Waals surface area contributed by atoms with Gasteiger partial charge in [-0.1, -0.05) is 32.0 Å². The van der Waals surface area contributed by atoms with E-state index >= 15 is 0 Å². The molecule has 2 atom stereocenters. The fourth-order valence-electron chi connectivity index (χ4n) is 3.21. The zero-order valence-electron chi connectivity index (χ0n) is 16.6. The van der Waals surface area contributed by atoms with E-state index in [9.17, 15) is 9.59 Å². The summed E-state index contributed by atoms with van der Waals surface area (Å²) in [6, 6.07) is 9.08. The van der Waals surface area contributed by atoms with Crippen LogP contribution < -0.4 is 10.3 Å². The summed E-state index contributed by atoms with van der Waals surface area (Å²) in [4.78, 5) is 27.2. The molecule has 0 radical (unpaired) electrons. The standard InChI is InChI=1S/C20H30N4O3/c1-5-23(6-2)15(4)14-21-19(25)18-13-17(20(26)27-7-3)22-24(18)16-11-9-8-10-12-16/h8-12,15,18H,5-7,13-14H2,1-4H3,(H,21,25). The predicted molar refractivity (Wildman–Crippen MR) is 107 cm³/mol. The molecule has 27 heavy (non-hydrogen) atoms. The number of ether oxygens (including phenoxy) is 1. The number of esters is 1. The number of hydrogen-bond donors (Lipinski definition) is 1. The predicted octanol–water partition coefficient (Wildman–Crippen LogP) is 2.03. The third-order valence-electron chi connectivity index (χ3n) is 4.75. The molecule has 2 unspecified atom stereocenters. The Bertz CT molecular complexity index is 658. The lowest BCUT2D eigenvalue weighted by molar-refractivity contribution is -0.135. The van der Waals surface area contributed by atoms with Crippen molar-refractivity contribution in [3.8, 4) is 0 Å². The van der Waals surface area contributed by atoms with Crippen LogP contribution in [0.25, 0.3) is 0 Å². The highest BCUT2D eigenvalue weighted by atomic mass is 16.5. The Morgan fingerprint density at radius 2 is 1.93 bits per heavy atom. The van der Waals surface area contributed by atoms with E-state index < -0.39 is 12.0 Å². The maximum Gasteiger partial charge on any atom is 0.354 e. The van der Waals surface area contributed by atoms with Crippen molar-refractivity contribution in [1.82, 2.24) is 10.2 Å². The van der Waals surface area contributed by atoms with Gasteiger partial charge in [0.15, 0.2) is 0 Å². The molecule has 0 spiro atoms. The second-order valence-electron chi connectivity index (χ2n) is 6.48. The highest BCUT2D eigenvalue weighted by Crippen LogP contribution is 2.25. The number of para-hydroxylation sites is 1. The van der Waals surface area contributed by atoms with Crippen molar-refractivity contribution in [2.75, 3.05) is 31.3 Å². The third-order valence-corrected chi connectivity index (χ3v) is 4.75. The number of anilines is 1. The first-order chi connectivity index (χ1) is 13.0. The Labute approximate surface area is 161 Å². The van der Waals surface area contributed by atoms with Gasteiger partial charge in [-0.2, -0.15) is 5.10 Å². The van der Waals surface area contributed by atoms with Crippen LogP contribution in [0.1, 0.15) is 34.1 Å². The monoisotopic (exact) mass is 374 g/mol. The molecule has 0 fully saturated rings. The topological polar surface area (TPSA) is 74.2 Å². The Hall–Kier alpha value is -2.41. The van der Waals surface area contributed by atoms with Crippen LogP contribution in [0, 0.1) is 0 Å². The Morgan fingerprint density at radius 1 is 1.26 bits per heavy atom. The number of nitrogens with one attached hydrogen (secondary N) is 1. The molecule has 1 aromatic carbocycles. The summed E-state index contributed by atoms with van der Waals surface area (Å²) in [5, 5.41) is 9.01. The molecule has 1 amide bonds. The van der Waals surface area contributed by atoms with Crippen molar-refractivity contribution in [2.45, 2.75) is 46.2 Å². The van der Waals surface area contributed by atoms with Gasteiger partial charge in [0.05, 0.1) is 12.3 Å². The molecule has 0 saturated heterocycles. The number of carbonyl (C=O) groups excluding carboxylic acids is 2. The minimum absolute atomic E-state index is 0.138. The molecule has 1 aliphatic heterocycles. The van der Waals surface area contributed by atoms with Gasteiger partial charge < -0.3 is 10.1 Å².